The van der Waals surface area contributed by atoms with E-state index in [1.54, 1.807) is 0 Å². The molecule has 1 heterocycles. The van der Waals surface area contributed by atoms with Gasteiger partial charge in [0.1, 0.15) is 6.10 Å². The average Bonchev–Trinajstić information content (AvgIpc) is 2.53. The van der Waals surface area contributed by atoms with Crippen LogP contribution in [-0.2, 0) is 9.53 Å². The van der Waals surface area contributed by atoms with Gasteiger partial charge >= 0.3 is 5.97 Å². The largest absolute Gasteiger partial charge is 0.458 e. The molecular weight excluding hydrogens is 212 g/mol. The number of rotatable bonds is 2. The van der Waals surface area contributed by atoms with E-state index < -0.39 is 0 Å². The van der Waals surface area contributed by atoms with Crippen LogP contribution >= 0.6 is 0 Å². The number of carbonyl (C=O) groups excluding carboxylic acids is 1. The van der Waals surface area contributed by atoms with Crippen molar-refractivity contribution in [2.24, 2.45) is 17.3 Å². The Balaban J connectivity index is 2.32. The van der Waals surface area contributed by atoms with Crippen LogP contribution < -0.4 is 0 Å². The van der Waals surface area contributed by atoms with Crippen LogP contribution in [0.25, 0.3) is 0 Å². The van der Waals surface area contributed by atoms with E-state index in [2.05, 4.69) is 26.7 Å². The molecule has 2 nitrogen and oxygen atoms in total. The summed E-state index contributed by atoms with van der Waals surface area (Å²) in [5, 5.41) is 0. The van der Waals surface area contributed by atoms with Crippen LogP contribution in [0.15, 0.2) is 37.0 Å². The Kier molecular flexibility index (Phi) is 2.76. The minimum atomic E-state index is -0.228. The summed E-state index contributed by atoms with van der Waals surface area (Å²) in [5.41, 5.74) is 1.75. The van der Waals surface area contributed by atoms with Crippen LogP contribution in [0.5, 0.6) is 0 Å². The van der Waals surface area contributed by atoms with Crippen molar-refractivity contribution in [3.05, 3.63) is 37.0 Å². The van der Waals surface area contributed by atoms with Gasteiger partial charge in [0.2, 0.25) is 0 Å². The first-order chi connectivity index (χ1) is 7.89. The predicted molar refractivity (Wildman–Crippen MR) is 68.4 cm³/mol. The number of esters is 1. The van der Waals surface area contributed by atoms with Gasteiger partial charge in [0.15, 0.2) is 0 Å². The van der Waals surface area contributed by atoms with Gasteiger partial charge in [-0.25, -0.2) is 4.79 Å². The Bertz CT molecular complexity index is 407. The van der Waals surface area contributed by atoms with Gasteiger partial charge < -0.3 is 4.74 Å². The number of hydrogen-bond acceptors (Lipinski definition) is 2. The molecule has 4 atom stereocenters. The highest BCUT2D eigenvalue weighted by molar-refractivity contribution is 5.90. The lowest BCUT2D eigenvalue weighted by atomic mass is 9.61. The fourth-order valence-corrected chi connectivity index (χ4v) is 3.24. The van der Waals surface area contributed by atoms with E-state index in [0.29, 0.717) is 11.5 Å². The fourth-order valence-electron chi connectivity index (χ4n) is 3.24. The number of allylic oxidation sites excluding steroid dienone is 2. The topological polar surface area (TPSA) is 26.3 Å². The second-order valence-corrected chi connectivity index (χ2v) is 5.62. The van der Waals surface area contributed by atoms with E-state index >= 15 is 0 Å². The van der Waals surface area contributed by atoms with Crippen molar-refractivity contribution in [2.75, 3.05) is 0 Å². The Morgan fingerprint density at radius 2 is 2.24 bits per heavy atom. The van der Waals surface area contributed by atoms with Gasteiger partial charge in [0.25, 0.3) is 0 Å². The summed E-state index contributed by atoms with van der Waals surface area (Å²) in [7, 11) is 0. The third kappa shape index (κ3) is 1.76. The standard InChI is InChI=1S/C15H20O2/c1-6-15(5)8-13-11(7-12(15)9(2)3)10(4)14(16)17-13/h6,11-13H,1-2,4,7-8H2,3,5H3. The van der Waals surface area contributed by atoms with E-state index in [1.807, 2.05) is 13.0 Å². The zero-order chi connectivity index (χ0) is 12.8. The number of hydrogen-bond donors (Lipinski definition) is 0. The third-order valence-electron chi connectivity index (χ3n) is 4.40. The zero-order valence-corrected chi connectivity index (χ0v) is 10.7. The van der Waals surface area contributed by atoms with Crippen molar-refractivity contribution in [3.63, 3.8) is 0 Å². The molecule has 0 N–H and O–H groups in total. The molecule has 0 radical (unpaired) electrons. The maximum atomic E-state index is 11.5. The van der Waals surface area contributed by atoms with Crippen LogP contribution in [-0.4, -0.2) is 12.1 Å². The molecule has 0 spiro atoms. The number of ether oxygens (including phenoxy) is 1. The summed E-state index contributed by atoms with van der Waals surface area (Å²) >= 11 is 0. The Hall–Kier alpha value is -1.31. The van der Waals surface area contributed by atoms with E-state index in [-0.39, 0.29) is 23.4 Å². The zero-order valence-electron chi connectivity index (χ0n) is 10.7. The van der Waals surface area contributed by atoms with Crippen molar-refractivity contribution >= 4 is 5.97 Å². The van der Waals surface area contributed by atoms with Gasteiger partial charge in [-0.3, -0.25) is 0 Å². The molecule has 2 rings (SSSR count). The maximum absolute atomic E-state index is 11.5. The molecule has 0 aromatic carbocycles. The quantitative estimate of drug-likeness (QED) is 0.415. The lowest BCUT2D eigenvalue weighted by Gasteiger charge is -2.44. The van der Waals surface area contributed by atoms with E-state index in [1.165, 1.54) is 0 Å². The summed E-state index contributed by atoms with van der Waals surface area (Å²) in [5.74, 6) is 0.290. The monoisotopic (exact) mass is 232 g/mol. The van der Waals surface area contributed by atoms with Gasteiger partial charge in [-0.2, -0.15) is 0 Å². The summed E-state index contributed by atoms with van der Waals surface area (Å²) in [6, 6.07) is 0. The molecule has 1 aliphatic carbocycles. The number of fused-ring (bicyclic) bond motifs is 1. The molecule has 92 valence electrons. The van der Waals surface area contributed by atoms with E-state index in [9.17, 15) is 4.79 Å². The molecule has 17 heavy (non-hydrogen) atoms. The molecule has 0 amide bonds. The molecule has 1 saturated heterocycles. The summed E-state index contributed by atoms with van der Waals surface area (Å²) in [6.45, 7) is 16.1. The second kappa shape index (κ2) is 3.86. The number of carbonyl (C=O) groups is 1. The molecule has 2 aliphatic rings. The Labute approximate surface area is 103 Å². The first-order valence-electron chi connectivity index (χ1n) is 6.08. The van der Waals surface area contributed by atoms with Crippen molar-refractivity contribution < 1.29 is 9.53 Å². The van der Waals surface area contributed by atoms with Crippen LogP contribution in [0.1, 0.15) is 26.7 Å². The molecule has 2 heteroatoms. The van der Waals surface area contributed by atoms with Gasteiger partial charge in [0.05, 0.1) is 0 Å². The van der Waals surface area contributed by atoms with Gasteiger partial charge in [-0.05, 0) is 31.1 Å². The van der Waals surface area contributed by atoms with Crippen LogP contribution in [0.3, 0.4) is 0 Å². The summed E-state index contributed by atoms with van der Waals surface area (Å²) in [4.78, 5) is 11.5. The van der Waals surface area contributed by atoms with Gasteiger partial charge in [-0.15, -0.1) is 6.58 Å². The molecule has 2 fully saturated rings. The van der Waals surface area contributed by atoms with Crippen molar-refractivity contribution in [1.82, 2.24) is 0 Å². The molecule has 0 aromatic rings. The second-order valence-electron chi connectivity index (χ2n) is 5.62. The van der Waals surface area contributed by atoms with E-state index in [4.69, 9.17) is 4.74 Å². The molecule has 1 aliphatic heterocycles. The minimum Gasteiger partial charge on any atom is -0.458 e. The van der Waals surface area contributed by atoms with Crippen molar-refractivity contribution in [3.8, 4) is 0 Å². The lowest BCUT2D eigenvalue weighted by molar-refractivity contribution is -0.141. The van der Waals surface area contributed by atoms with E-state index in [0.717, 1.165) is 18.4 Å². The molecule has 4 unspecified atom stereocenters. The highest BCUT2D eigenvalue weighted by Crippen LogP contribution is 2.51. The fraction of sp³-hybridized carbons (Fsp3) is 0.533. The average molecular weight is 232 g/mol. The Morgan fingerprint density at radius 3 is 2.76 bits per heavy atom. The normalized spacial score (nSPS) is 40.7. The molecular formula is C15H20O2. The molecule has 1 saturated carbocycles. The summed E-state index contributed by atoms with van der Waals surface area (Å²) < 4.78 is 5.39. The highest BCUT2D eigenvalue weighted by Gasteiger charge is 2.50. The Morgan fingerprint density at radius 1 is 1.59 bits per heavy atom. The van der Waals surface area contributed by atoms with Crippen LogP contribution in [0.4, 0.5) is 0 Å². The molecule has 0 aromatic heterocycles. The smallest absolute Gasteiger partial charge is 0.334 e. The van der Waals surface area contributed by atoms with Crippen LogP contribution in [0.2, 0.25) is 0 Å². The first kappa shape index (κ1) is 12.2. The predicted octanol–water partition coefficient (Wildman–Crippen LogP) is 3.26. The SMILES string of the molecule is C=CC1(C)CC2OC(=O)C(=C)C2CC1C(=C)C. The maximum Gasteiger partial charge on any atom is 0.334 e. The van der Waals surface area contributed by atoms with Gasteiger partial charge in [0, 0.05) is 11.5 Å². The first-order valence-corrected chi connectivity index (χ1v) is 6.08. The van der Waals surface area contributed by atoms with Gasteiger partial charge in [-0.1, -0.05) is 31.7 Å². The summed E-state index contributed by atoms with van der Waals surface area (Å²) in [6.07, 6.45) is 3.68. The highest BCUT2D eigenvalue weighted by atomic mass is 16.6. The third-order valence-corrected chi connectivity index (χ3v) is 4.40. The molecule has 0 bridgehead atoms. The van der Waals surface area contributed by atoms with Crippen molar-refractivity contribution in [1.29, 1.82) is 0 Å². The van der Waals surface area contributed by atoms with Crippen molar-refractivity contribution in [2.45, 2.75) is 32.8 Å². The van der Waals surface area contributed by atoms with Crippen LogP contribution in [0, 0.1) is 17.3 Å². The lowest BCUT2D eigenvalue weighted by Crippen LogP contribution is -2.40. The minimum absolute atomic E-state index is 0.0198.